The summed E-state index contributed by atoms with van der Waals surface area (Å²) in [5, 5.41) is 0.688. The van der Waals surface area contributed by atoms with E-state index < -0.39 is 5.24 Å². The summed E-state index contributed by atoms with van der Waals surface area (Å²) in [5.74, 6) is 0. The molecule has 0 atom stereocenters. The van der Waals surface area contributed by atoms with Gasteiger partial charge in [0.25, 0.3) is 5.24 Å². The van der Waals surface area contributed by atoms with Gasteiger partial charge in [0.15, 0.2) is 0 Å². The van der Waals surface area contributed by atoms with Crippen molar-refractivity contribution in [1.82, 2.24) is 0 Å². The number of benzene rings is 2. The molecule has 3 rings (SSSR count). The Bertz CT molecular complexity index is 716. The summed E-state index contributed by atoms with van der Waals surface area (Å²) in [6, 6.07) is 17.9. The van der Waals surface area contributed by atoms with E-state index in [1.807, 2.05) is 54.6 Å². The van der Waals surface area contributed by atoms with Crippen LogP contribution in [0.1, 0.15) is 9.67 Å². The third-order valence-electron chi connectivity index (χ3n) is 2.84. The third-order valence-corrected chi connectivity index (χ3v) is 4.31. The molecule has 3 heteroatoms. The lowest BCUT2D eigenvalue weighted by Gasteiger charge is -2.01. The van der Waals surface area contributed by atoms with Crippen molar-refractivity contribution in [3.8, 4) is 11.1 Å². The molecule has 0 saturated carbocycles. The number of fused-ring (bicyclic) bond motifs is 1. The molecule has 0 bridgehead atoms. The smallest absolute Gasteiger partial charge is 0.263 e. The summed E-state index contributed by atoms with van der Waals surface area (Å²) in [7, 11) is 0. The first kappa shape index (κ1) is 11.5. The molecule has 88 valence electrons. The van der Waals surface area contributed by atoms with Gasteiger partial charge in [0.1, 0.15) is 0 Å². The Labute approximate surface area is 114 Å². The highest BCUT2D eigenvalue weighted by atomic mass is 35.5. The number of halogens is 1. The summed E-state index contributed by atoms with van der Waals surface area (Å²) in [4.78, 5) is 12.2. The zero-order valence-corrected chi connectivity index (χ0v) is 11.0. The summed E-state index contributed by atoms with van der Waals surface area (Å²) >= 11 is 7.15. The van der Waals surface area contributed by atoms with E-state index in [-0.39, 0.29) is 0 Å². The van der Waals surface area contributed by atoms with Crippen LogP contribution in [0.5, 0.6) is 0 Å². The number of carbonyl (C=O) groups is 1. The first-order chi connectivity index (χ1) is 8.77. The molecule has 18 heavy (non-hydrogen) atoms. The molecule has 1 nitrogen and oxygen atoms in total. The van der Waals surface area contributed by atoms with Crippen LogP contribution in [-0.2, 0) is 0 Å². The molecule has 0 fully saturated rings. The Balaban J connectivity index is 2.38. The number of hydrogen-bond acceptors (Lipinski definition) is 2. The van der Waals surface area contributed by atoms with Crippen LogP contribution in [0.3, 0.4) is 0 Å². The van der Waals surface area contributed by atoms with Crippen molar-refractivity contribution in [2.75, 3.05) is 0 Å². The Kier molecular flexibility index (Phi) is 2.90. The molecule has 0 aliphatic carbocycles. The Hall–Kier alpha value is -1.64. The SMILES string of the molecule is O=C(Cl)c1sc2ccccc2c1-c1ccccc1. The van der Waals surface area contributed by atoms with Gasteiger partial charge in [-0.25, -0.2) is 0 Å². The van der Waals surface area contributed by atoms with E-state index in [1.165, 1.54) is 11.3 Å². The number of hydrogen-bond donors (Lipinski definition) is 0. The normalized spacial score (nSPS) is 10.7. The molecule has 1 aromatic heterocycles. The van der Waals surface area contributed by atoms with Gasteiger partial charge in [-0.15, -0.1) is 11.3 Å². The Morgan fingerprint density at radius 1 is 0.944 bits per heavy atom. The van der Waals surface area contributed by atoms with Crippen LogP contribution in [0.15, 0.2) is 54.6 Å². The van der Waals surface area contributed by atoms with Gasteiger partial charge in [-0.05, 0) is 23.2 Å². The average molecular weight is 273 g/mol. The maximum atomic E-state index is 11.6. The fourth-order valence-electron chi connectivity index (χ4n) is 2.08. The highest BCUT2D eigenvalue weighted by molar-refractivity contribution is 7.22. The van der Waals surface area contributed by atoms with Crippen LogP contribution in [0.4, 0.5) is 0 Å². The molecule has 0 radical (unpaired) electrons. The molecule has 0 amide bonds. The van der Waals surface area contributed by atoms with Crippen molar-refractivity contribution in [2.24, 2.45) is 0 Å². The summed E-state index contributed by atoms with van der Waals surface area (Å²) in [6.07, 6.45) is 0. The van der Waals surface area contributed by atoms with E-state index in [1.54, 1.807) is 0 Å². The molecule has 0 saturated heterocycles. The van der Waals surface area contributed by atoms with E-state index in [9.17, 15) is 4.79 Å². The summed E-state index contributed by atoms with van der Waals surface area (Å²) < 4.78 is 1.08. The van der Waals surface area contributed by atoms with Gasteiger partial charge < -0.3 is 0 Å². The molecule has 0 N–H and O–H groups in total. The molecular formula is C15H9ClOS. The summed E-state index contributed by atoms with van der Waals surface area (Å²) in [5.41, 5.74) is 1.97. The van der Waals surface area contributed by atoms with Crippen molar-refractivity contribution < 1.29 is 4.79 Å². The fraction of sp³-hybridized carbons (Fsp3) is 0. The second kappa shape index (κ2) is 4.56. The van der Waals surface area contributed by atoms with Gasteiger partial charge in [0.2, 0.25) is 0 Å². The van der Waals surface area contributed by atoms with Crippen molar-refractivity contribution in [3.05, 3.63) is 59.5 Å². The molecule has 3 aromatic rings. The van der Waals surface area contributed by atoms with E-state index in [0.717, 1.165) is 21.2 Å². The highest BCUT2D eigenvalue weighted by Gasteiger charge is 2.17. The van der Waals surface area contributed by atoms with Gasteiger partial charge in [0.05, 0.1) is 4.88 Å². The minimum absolute atomic E-state index is 0.393. The van der Waals surface area contributed by atoms with Gasteiger partial charge in [0, 0.05) is 15.6 Å². The van der Waals surface area contributed by atoms with Crippen LogP contribution in [0.25, 0.3) is 21.2 Å². The van der Waals surface area contributed by atoms with Crippen molar-refractivity contribution in [3.63, 3.8) is 0 Å². The lowest BCUT2D eigenvalue weighted by atomic mass is 10.0. The molecule has 0 spiro atoms. The van der Waals surface area contributed by atoms with E-state index >= 15 is 0 Å². The van der Waals surface area contributed by atoms with Crippen molar-refractivity contribution in [2.45, 2.75) is 0 Å². The summed E-state index contributed by atoms with van der Waals surface area (Å²) in [6.45, 7) is 0. The lowest BCUT2D eigenvalue weighted by molar-refractivity contribution is 0.108. The van der Waals surface area contributed by atoms with Crippen LogP contribution in [0, 0.1) is 0 Å². The average Bonchev–Trinajstić information content (AvgIpc) is 2.79. The van der Waals surface area contributed by atoms with Crippen molar-refractivity contribution in [1.29, 1.82) is 0 Å². The highest BCUT2D eigenvalue weighted by Crippen LogP contribution is 2.39. The Morgan fingerprint density at radius 3 is 2.33 bits per heavy atom. The van der Waals surface area contributed by atoms with E-state index in [2.05, 4.69) is 0 Å². The van der Waals surface area contributed by atoms with Gasteiger partial charge in [-0.3, -0.25) is 4.79 Å². The van der Waals surface area contributed by atoms with Crippen LogP contribution >= 0.6 is 22.9 Å². The van der Waals surface area contributed by atoms with Crippen molar-refractivity contribution >= 4 is 38.3 Å². The van der Waals surface area contributed by atoms with E-state index in [4.69, 9.17) is 11.6 Å². The van der Waals surface area contributed by atoms with E-state index in [0.29, 0.717) is 4.88 Å². The minimum Gasteiger partial charge on any atom is -0.275 e. The molecule has 2 aromatic carbocycles. The molecule has 1 heterocycles. The van der Waals surface area contributed by atoms with Gasteiger partial charge in [-0.2, -0.15) is 0 Å². The van der Waals surface area contributed by atoms with Gasteiger partial charge in [-0.1, -0.05) is 48.5 Å². The maximum absolute atomic E-state index is 11.6. The predicted molar refractivity (Wildman–Crippen MR) is 77.4 cm³/mol. The number of thiophene rings is 1. The van der Waals surface area contributed by atoms with Crippen LogP contribution in [0.2, 0.25) is 0 Å². The number of rotatable bonds is 2. The standard InChI is InChI=1S/C15H9ClOS/c16-15(17)14-13(10-6-2-1-3-7-10)11-8-4-5-9-12(11)18-14/h1-9H. The largest absolute Gasteiger partial charge is 0.275 e. The topological polar surface area (TPSA) is 17.1 Å². The number of carbonyl (C=O) groups excluding carboxylic acids is 1. The zero-order valence-electron chi connectivity index (χ0n) is 9.39. The molecule has 0 unspecified atom stereocenters. The first-order valence-corrected chi connectivity index (χ1v) is 6.73. The fourth-order valence-corrected chi connectivity index (χ4v) is 3.34. The third kappa shape index (κ3) is 1.84. The van der Waals surface area contributed by atoms with Crippen LogP contribution in [-0.4, -0.2) is 5.24 Å². The maximum Gasteiger partial charge on any atom is 0.263 e. The lowest BCUT2D eigenvalue weighted by Crippen LogP contribution is -1.87. The van der Waals surface area contributed by atoms with Crippen LogP contribution < -0.4 is 0 Å². The second-order valence-corrected chi connectivity index (χ2v) is 5.34. The monoisotopic (exact) mass is 272 g/mol. The Morgan fingerprint density at radius 2 is 1.61 bits per heavy atom. The predicted octanol–water partition coefficient (Wildman–Crippen LogP) is 4.95. The molecule has 0 aliphatic rings. The first-order valence-electron chi connectivity index (χ1n) is 5.54. The quantitative estimate of drug-likeness (QED) is 0.604. The zero-order chi connectivity index (χ0) is 12.5. The van der Waals surface area contributed by atoms with Gasteiger partial charge >= 0.3 is 0 Å². The second-order valence-electron chi connectivity index (χ2n) is 3.94. The molecule has 0 aliphatic heterocycles. The minimum atomic E-state index is -0.393. The molecular weight excluding hydrogens is 264 g/mol.